The van der Waals surface area contributed by atoms with Crippen LogP contribution in [-0.2, 0) is 0 Å². The van der Waals surface area contributed by atoms with Gasteiger partial charge in [-0.25, -0.2) is 9.97 Å². The van der Waals surface area contributed by atoms with Crippen LogP contribution in [-0.4, -0.2) is 41.7 Å². The highest BCUT2D eigenvalue weighted by molar-refractivity contribution is 6.32. The van der Waals surface area contributed by atoms with Crippen molar-refractivity contribution in [1.82, 2.24) is 35.0 Å². The maximum atomic E-state index is 13.0. The number of nitrogens with one attached hydrogen (secondary N) is 1. The van der Waals surface area contributed by atoms with E-state index in [1.165, 1.54) is 6.33 Å². The molecular formula is C26H20ClN7O. The van der Waals surface area contributed by atoms with Gasteiger partial charge < -0.3 is 5.32 Å². The molecule has 3 heterocycles. The van der Waals surface area contributed by atoms with Crippen molar-refractivity contribution in [3.05, 3.63) is 95.8 Å². The minimum absolute atomic E-state index is 0.0327. The molecule has 0 saturated heterocycles. The van der Waals surface area contributed by atoms with Gasteiger partial charge in [0.05, 0.1) is 21.8 Å². The largest absolute Gasteiger partial charge is 0.349 e. The fourth-order valence-electron chi connectivity index (χ4n) is 4.52. The summed E-state index contributed by atoms with van der Waals surface area (Å²) in [4.78, 5) is 25.8. The summed E-state index contributed by atoms with van der Waals surface area (Å²) in [5.74, 6) is 1.39. The minimum atomic E-state index is -0.119. The molecule has 1 N–H and O–H groups in total. The molecule has 1 aliphatic carbocycles. The zero-order valence-electron chi connectivity index (χ0n) is 18.5. The number of amides is 1. The molecule has 35 heavy (non-hydrogen) atoms. The number of aromatic nitrogens is 6. The van der Waals surface area contributed by atoms with Crippen molar-refractivity contribution in [2.45, 2.75) is 24.8 Å². The Kier molecular flexibility index (Phi) is 5.42. The number of rotatable bonds is 5. The molecule has 0 atom stereocenters. The lowest BCUT2D eigenvalue weighted by molar-refractivity contribution is 0.0908. The summed E-state index contributed by atoms with van der Waals surface area (Å²) in [5, 5.41) is 13.6. The van der Waals surface area contributed by atoms with E-state index in [0.29, 0.717) is 27.6 Å². The molecule has 0 bridgehead atoms. The lowest BCUT2D eigenvalue weighted by Gasteiger charge is -2.35. The van der Waals surface area contributed by atoms with Crippen LogP contribution in [0.4, 0.5) is 0 Å². The van der Waals surface area contributed by atoms with Crippen LogP contribution in [0.2, 0.25) is 5.02 Å². The maximum absolute atomic E-state index is 13.0. The van der Waals surface area contributed by atoms with Crippen LogP contribution in [0, 0.1) is 0 Å². The third-order valence-electron chi connectivity index (χ3n) is 6.31. The van der Waals surface area contributed by atoms with E-state index in [0.717, 1.165) is 29.7 Å². The zero-order chi connectivity index (χ0) is 23.8. The first-order valence-electron chi connectivity index (χ1n) is 11.3. The molecule has 6 rings (SSSR count). The van der Waals surface area contributed by atoms with Gasteiger partial charge in [0.2, 0.25) is 0 Å². The Bertz CT molecular complexity index is 1520. The highest BCUT2D eigenvalue weighted by Gasteiger charge is 2.36. The zero-order valence-corrected chi connectivity index (χ0v) is 19.3. The monoisotopic (exact) mass is 481 g/mol. The molecule has 5 aromatic rings. The van der Waals surface area contributed by atoms with Crippen molar-refractivity contribution in [3.63, 3.8) is 0 Å². The molecule has 1 amide bonds. The van der Waals surface area contributed by atoms with Gasteiger partial charge in [0, 0.05) is 29.7 Å². The molecule has 172 valence electrons. The smallest absolute Gasteiger partial charge is 0.253 e. The molecular weight excluding hydrogens is 462 g/mol. The molecule has 9 heteroatoms. The van der Waals surface area contributed by atoms with Crippen LogP contribution in [0.1, 0.15) is 34.9 Å². The highest BCUT2D eigenvalue weighted by Crippen LogP contribution is 2.39. The van der Waals surface area contributed by atoms with Gasteiger partial charge in [-0.15, -0.1) is 10.2 Å². The van der Waals surface area contributed by atoms with E-state index >= 15 is 0 Å². The lowest BCUT2D eigenvalue weighted by atomic mass is 9.79. The third kappa shape index (κ3) is 3.91. The topological polar surface area (TPSA) is 98.5 Å². The predicted molar refractivity (Wildman–Crippen MR) is 132 cm³/mol. The van der Waals surface area contributed by atoms with E-state index in [1.807, 2.05) is 59.2 Å². The van der Waals surface area contributed by atoms with E-state index in [9.17, 15) is 4.79 Å². The van der Waals surface area contributed by atoms with E-state index < -0.39 is 0 Å². The van der Waals surface area contributed by atoms with Gasteiger partial charge in [-0.2, -0.15) is 0 Å². The van der Waals surface area contributed by atoms with Crippen molar-refractivity contribution in [1.29, 1.82) is 0 Å². The lowest BCUT2D eigenvalue weighted by Crippen LogP contribution is -2.44. The molecule has 1 fully saturated rings. The SMILES string of the molecule is O=C(NC1CC(c2nnc(-c3ccncn3)n2-c2ccccc2Cl)C1)c1cccc2cccnc12. The van der Waals surface area contributed by atoms with Crippen molar-refractivity contribution >= 4 is 28.4 Å². The number of carbonyl (C=O) groups excluding carboxylic acids is 1. The van der Waals surface area contributed by atoms with Crippen LogP contribution in [0.3, 0.4) is 0 Å². The fourth-order valence-corrected chi connectivity index (χ4v) is 4.74. The van der Waals surface area contributed by atoms with E-state index in [1.54, 1.807) is 18.5 Å². The average molecular weight is 482 g/mol. The number of pyridine rings is 1. The molecule has 0 radical (unpaired) electrons. The summed E-state index contributed by atoms with van der Waals surface area (Å²) in [6, 6.07) is 18.9. The van der Waals surface area contributed by atoms with Crippen molar-refractivity contribution in [2.24, 2.45) is 0 Å². The van der Waals surface area contributed by atoms with Crippen molar-refractivity contribution in [2.75, 3.05) is 0 Å². The van der Waals surface area contributed by atoms with Crippen molar-refractivity contribution < 1.29 is 4.79 Å². The van der Waals surface area contributed by atoms with Crippen LogP contribution in [0.25, 0.3) is 28.1 Å². The van der Waals surface area contributed by atoms with Crippen LogP contribution < -0.4 is 5.32 Å². The van der Waals surface area contributed by atoms with Gasteiger partial charge in [-0.3, -0.25) is 14.3 Å². The Hall–Kier alpha value is -4.17. The second-order valence-electron chi connectivity index (χ2n) is 8.48. The fraction of sp³-hybridized carbons (Fsp3) is 0.154. The second-order valence-corrected chi connectivity index (χ2v) is 8.89. The Morgan fingerprint density at radius 1 is 0.943 bits per heavy atom. The van der Waals surface area contributed by atoms with Gasteiger partial charge in [-0.05, 0) is 43.2 Å². The molecule has 3 aromatic heterocycles. The summed E-state index contributed by atoms with van der Waals surface area (Å²) < 4.78 is 1.96. The number of para-hydroxylation sites is 2. The number of benzene rings is 2. The summed E-state index contributed by atoms with van der Waals surface area (Å²) in [6.07, 6.45) is 6.35. The number of hydrogen-bond acceptors (Lipinski definition) is 6. The molecule has 0 spiro atoms. The molecule has 0 aliphatic heterocycles. The molecule has 0 unspecified atom stereocenters. The van der Waals surface area contributed by atoms with Crippen LogP contribution in [0.15, 0.2) is 79.4 Å². The number of carbonyl (C=O) groups is 1. The normalized spacial score (nSPS) is 17.2. The third-order valence-corrected chi connectivity index (χ3v) is 6.63. The van der Waals surface area contributed by atoms with E-state index in [-0.39, 0.29) is 17.9 Å². The van der Waals surface area contributed by atoms with Gasteiger partial charge in [0.25, 0.3) is 5.91 Å². The number of fused-ring (bicyclic) bond motifs is 1. The van der Waals surface area contributed by atoms with Crippen LogP contribution in [0.5, 0.6) is 0 Å². The maximum Gasteiger partial charge on any atom is 0.253 e. The molecule has 8 nitrogen and oxygen atoms in total. The molecule has 1 saturated carbocycles. The Morgan fingerprint density at radius 3 is 2.63 bits per heavy atom. The number of hydrogen-bond donors (Lipinski definition) is 1. The highest BCUT2D eigenvalue weighted by atomic mass is 35.5. The van der Waals surface area contributed by atoms with Crippen LogP contribution >= 0.6 is 11.6 Å². The first kappa shape index (κ1) is 21.4. The first-order chi connectivity index (χ1) is 17.2. The first-order valence-corrected chi connectivity index (χ1v) is 11.7. The average Bonchev–Trinajstić information content (AvgIpc) is 3.30. The summed E-state index contributed by atoms with van der Waals surface area (Å²) in [5.41, 5.74) is 2.73. The molecule has 1 aliphatic rings. The Morgan fingerprint density at radius 2 is 1.80 bits per heavy atom. The van der Waals surface area contributed by atoms with Crippen molar-refractivity contribution in [3.8, 4) is 17.2 Å². The number of halogens is 1. The van der Waals surface area contributed by atoms with Gasteiger partial charge in [0.15, 0.2) is 5.82 Å². The molecule has 2 aromatic carbocycles. The summed E-state index contributed by atoms with van der Waals surface area (Å²) in [7, 11) is 0. The van der Waals surface area contributed by atoms with E-state index in [4.69, 9.17) is 11.6 Å². The summed E-state index contributed by atoms with van der Waals surface area (Å²) >= 11 is 6.55. The van der Waals surface area contributed by atoms with Gasteiger partial charge in [0.1, 0.15) is 17.8 Å². The predicted octanol–water partition coefficient (Wildman–Crippen LogP) is 4.60. The van der Waals surface area contributed by atoms with E-state index in [2.05, 4.69) is 30.5 Å². The quantitative estimate of drug-likeness (QED) is 0.394. The Labute approximate surface area is 206 Å². The van der Waals surface area contributed by atoms with Gasteiger partial charge in [-0.1, -0.05) is 41.9 Å². The van der Waals surface area contributed by atoms with Gasteiger partial charge >= 0.3 is 0 Å². The Balaban J connectivity index is 1.26. The number of nitrogens with zero attached hydrogens (tertiary/aromatic N) is 6. The minimum Gasteiger partial charge on any atom is -0.349 e. The summed E-state index contributed by atoms with van der Waals surface area (Å²) in [6.45, 7) is 0. The second kappa shape index (κ2) is 8.88. The standard InChI is InChI=1S/C26H20ClN7O/c27-20-8-1-2-9-22(20)34-24(32-33-25(34)21-10-12-28-15-30-21)17-13-18(14-17)31-26(35)19-7-3-5-16-6-4-11-29-23(16)19/h1-12,15,17-18H,13-14H2,(H,31,35).